The number of aromatic nitrogens is 1. The molecule has 0 spiro atoms. The Balaban J connectivity index is 2.27. The average molecular weight is 273 g/mol. The Hall–Kier alpha value is -2.27. The van der Waals surface area contributed by atoms with Gasteiger partial charge in [0.25, 0.3) is 0 Å². The number of halogens is 1. The molecular formula is C15H16FN3O. The minimum atomic E-state index is -0.372. The summed E-state index contributed by atoms with van der Waals surface area (Å²) in [5.74, 6) is -0.502. The van der Waals surface area contributed by atoms with Crippen molar-refractivity contribution in [1.82, 2.24) is 4.98 Å². The predicted octanol–water partition coefficient (Wildman–Crippen LogP) is 2.10. The van der Waals surface area contributed by atoms with Gasteiger partial charge in [-0.15, -0.1) is 0 Å². The highest BCUT2D eigenvalue weighted by atomic mass is 19.1. The summed E-state index contributed by atoms with van der Waals surface area (Å²) < 4.78 is 13.3. The summed E-state index contributed by atoms with van der Waals surface area (Å²) in [5, 5.41) is 0. The van der Waals surface area contributed by atoms with E-state index in [1.54, 1.807) is 24.5 Å². The maximum atomic E-state index is 13.3. The van der Waals surface area contributed by atoms with Gasteiger partial charge in [0.1, 0.15) is 5.82 Å². The minimum absolute atomic E-state index is 0.130. The second-order valence-corrected chi connectivity index (χ2v) is 4.35. The number of benzene rings is 1. The zero-order valence-corrected chi connectivity index (χ0v) is 11.0. The van der Waals surface area contributed by atoms with Crippen LogP contribution in [0.15, 0.2) is 48.8 Å². The van der Waals surface area contributed by atoms with E-state index in [9.17, 15) is 9.18 Å². The molecule has 0 saturated carbocycles. The Morgan fingerprint density at radius 2 is 2.00 bits per heavy atom. The van der Waals surface area contributed by atoms with Crippen LogP contribution in [0.3, 0.4) is 0 Å². The third kappa shape index (κ3) is 3.61. The molecule has 1 amide bonds. The molecule has 1 heterocycles. The monoisotopic (exact) mass is 273 g/mol. The third-order valence-corrected chi connectivity index (χ3v) is 2.87. The van der Waals surface area contributed by atoms with Crippen LogP contribution >= 0.6 is 0 Å². The number of nitrogens with zero attached hydrogens (tertiary/aromatic N) is 2. The summed E-state index contributed by atoms with van der Waals surface area (Å²) in [6.45, 7) is 0.631. The van der Waals surface area contributed by atoms with Gasteiger partial charge in [-0.05, 0) is 35.9 Å². The standard InChI is InChI=1S/C15H16FN3O/c16-13-2-1-3-14(10-13)19(15(20)4-7-17)11-12-5-8-18-9-6-12/h1-3,5-6,8-10H,4,7,11,17H2. The zero-order chi connectivity index (χ0) is 14.4. The van der Waals surface area contributed by atoms with Gasteiger partial charge >= 0.3 is 0 Å². The molecule has 0 unspecified atom stereocenters. The van der Waals surface area contributed by atoms with E-state index in [1.165, 1.54) is 17.0 Å². The molecule has 104 valence electrons. The van der Waals surface area contributed by atoms with Gasteiger partial charge in [-0.2, -0.15) is 0 Å². The van der Waals surface area contributed by atoms with Gasteiger partial charge in [-0.1, -0.05) is 6.07 Å². The van der Waals surface area contributed by atoms with E-state index < -0.39 is 0 Å². The first-order chi connectivity index (χ1) is 9.70. The van der Waals surface area contributed by atoms with E-state index in [2.05, 4.69) is 4.98 Å². The molecule has 0 radical (unpaired) electrons. The number of hydrogen-bond donors (Lipinski definition) is 1. The largest absolute Gasteiger partial charge is 0.330 e. The van der Waals surface area contributed by atoms with E-state index in [0.717, 1.165) is 5.56 Å². The summed E-state index contributed by atoms with van der Waals surface area (Å²) in [5.41, 5.74) is 6.89. The Kier molecular flexibility index (Phi) is 4.79. The number of hydrogen-bond acceptors (Lipinski definition) is 3. The predicted molar refractivity (Wildman–Crippen MR) is 75.5 cm³/mol. The molecule has 0 atom stereocenters. The van der Waals surface area contributed by atoms with E-state index in [1.807, 2.05) is 12.1 Å². The molecule has 5 heteroatoms. The van der Waals surface area contributed by atoms with Crippen LogP contribution in [0.25, 0.3) is 0 Å². The quantitative estimate of drug-likeness (QED) is 0.907. The molecule has 20 heavy (non-hydrogen) atoms. The number of nitrogens with two attached hydrogens (primary N) is 1. The molecule has 2 aromatic rings. The number of carbonyl (C=O) groups is 1. The number of carbonyl (C=O) groups excluding carboxylic acids is 1. The van der Waals surface area contributed by atoms with E-state index in [-0.39, 0.29) is 24.7 Å². The molecular weight excluding hydrogens is 257 g/mol. The molecule has 0 aliphatic carbocycles. The lowest BCUT2D eigenvalue weighted by Crippen LogP contribution is -2.31. The number of pyridine rings is 1. The molecule has 1 aromatic heterocycles. The first-order valence-electron chi connectivity index (χ1n) is 6.35. The fourth-order valence-corrected chi connectivity index (χ4v) is 1.90. The van der Waals surface area contributed by atoms with Crippen LogP contribution in [-0.2, 0) is 11.3 Å². The van der Waals surface area contributed by atoms with Crippen LogP contribution in [0.2, 0.25) is 0 Å². The van der Waals surface area contributed by atoms with Crippen molar-refractivity contribution in [2.24, 2.45) is 5.73 Å². The van der Waals surface area contributed by atoms with Crippen molar-refractivity contribution in [3.05, 3.63) is 60.2 Å². The Morgan fingerprint density at radius 1 is 1.25 bits per heavy atom. The van der Waals surface area contributed by atoms with E-state index >= 15 is 0 Å². The maximum absolute atomic E-state index is 13.3. The maximum Gasteiger partial charge on any atom is 0.228 e. The second kappa shape index (κ2) is 6.77. The van der Waals surface area contributed by atoms with Gasteiger partial charge < -0.3 is 10.6 Å². The minimum Gasteiger partial charge on any atom is -0.330 e. The average Bonchev–Trinajstić information content (AvgIpc) is 2.46. The van der Waals surface area contributed by atoms with Crippen LogP contribution in [-0.4, -0.2) is 17.4 Å². The summed E-state index contributed by atoms with van der Waals surface area (Å²) in [7, 11) is 0. The number of rotatable bonds is 5. The second-order valence-electron chi connectivity index (χ2n) is 4.35. The topological polar surface area (TPSA) is 59.2 Å². The summed E-state index contributed by atoms with van der Waals surface area (Å²) in [4.78, 5) is 17.6. The first kappa shape index (κ1) is 14.1. The van der Waals surface area contributed by atoms with Gasteiger partial charge in [0.2, 0.25) is 5.91 Å². The zero-order valence-electron chi connectivity index (χ0n) is 11.0. The van der Waals surface area contributed by atoms with Gasteiger partial charge in [0, 0.05) is 31.0 Å². The summed E-state index contributed by atoms with van der Waals surface area (Å²) >= 11 is 0. The number of anilines is 1. The van der Waals surface area contributed by atoms with E-state index in [4.69, 9.17) is 5.73 Å². The molecule has 0 saturated heterocycles. The SMILES string of the molecule is NCCC(=O)N(Cc1ccncc1)c1cccc(F)c1. The van der Waals surface area contributed by atoms with Crippen molar-refractivity contribution in [3.8, 4) is 0 Å². The molecule has 0 bridgehead atoms. The van der Waals surface area contributed by atoms with Crippen molar-refractivity contribution in [2.75, 3.05) is 11.4 Å². The van der Waals surface area contributed by atoms with Crippen molar-refractivity contribution >= 4 is 11.6 Å². The lowest BCUT2D eigenvalue weighted by molar-refractivity contribution is -0.118. The molecule has 4 nitrogen and oxygen atoms in total. The Morgan fingerprint density at radius 3 is 2.65 bits per heavy atom. The fourth-order valence-electron chi connectivity index (χ4n) is 1.90. The highest BCUT2D eigenvalue weighted by Gasteiger charge is 2.16. The van der Waals surface area contributed by atoms with Gasteiger partial charge in [-0.25, -0.2) is 4.39 Å². The lowest BCUT2D eigenvalue weighted by atomic mass is 10.2. The van der Waals surface area contributed by atoms with Crippen LogP contribution in [0.4, 0.5) is 10.1 Å². The van der Waals surface area contributed by atoms with E-state index in [0.29, 0.717) is 12.2 Å². The van der Waals surface area contributed by atoms with Gasteiger partial charge in [-0.3, -0.25) is 9.78 Å². The molecule has 0 fully saturated rings. The van der Waals surface area contributed by atoms with Crippen LogP contribution < -0.4 is 10.6 Å². The van der Waals surface area contributed by atoms with Crippen molar-refractivity contribution < 1.29 is 9.18 Å². The van der Waals surface area contributed by atoms with Crippen molar-refractivity contribution in [3.63, 3.8) is 0 Å². The highest BCUT2D eigenvalue weighted by molar-refractivity contribution is 5.93. The van der Waals surface area contributed by atoms with Crippen molar-refractivity contribution in [1.29, 1.82) is 0 Å². The van der Waals surface area contributed by atoms with Gasteiger partial charge in [0.05, 0.1) is 6.54 Å². The summed E-state index contributed by atoms with van der Waals surface area (Å²) in [6, 6.07) is 9.62. The first-order valence-corrected chi connectivity index (χ1v) is 6.35. The normalized spacial score (nSPS) is 10.3. The molecule has 2 rings (SSSR count). The Bertz CT molecular complexity index is 574. The fraction of sp³-hybridized carbons (Fsp3) is 0.200. The number of amides is 1. The summed E-state index contributed by atoms with van der Waals surface area (Å²) in [6.07, 6.45) is 3.54. The molecule has 0 aliphatic rings. The van der Waals surface area contributed by atoms with Crippen LogP contribution in [0, 0.1) is 5.82 Å². The molecule has 0 aliphatic heterocycles. The Labute approximate surface area is 117 Å². The van der Waals surface area contributed by atoms with Crippen LogP contribution in [0.1, 0.15) is 12.0 Å². The van der Waals surface area contributed by atoms with Crippen molar-refractivity contribution in [2.45, 2.75) is 13.0 Å². The van der Waals surface area contributed by atoms with Crippen LogP contribution in [0.5, 0.6) is 0 Å². The third-order valence-electron chi connectivity index (χ3n) is 2.87. The highest BCUT2D eigenvalue weighted by Crippen LogP contribution is 2.19. The van der Waals surface area contributed by atoms with Gasteiger partial charge in [0.15, 0.2) is 0 Å². The lowest BCUT2D eigenvalue weighted by Gasteiger charge is -2.23. The smallest absolute Gasteiger partial charge is 0.228 e. The molecule has 1 aromatic carbocycles. The molecule has 2 N–H and O–H groups in total.